The average molecular weight is 244 g/mol. The normalized spacial score (nSPS) is 18.8. The predicted octanol–water partition coefficient (Wildman–Crippen LogP) is 2.05. The number of carbonyl (C=O) groups is 1. The first-order valence-corrected chi connectivity index (χ1v) is 4.64. The first-order valence-electron chi connectivity index (χ1n) is 4.64. The Balaban J connectivity index is 2.34. The quantitative estimate of drug-likeness (QED) is 0.607. The monoisotopic (exact) mass is 244 g/mol. The summed E-state index contributed by atoms with van der Waals surface area (Å²) < 4.78 is 41.0. The van der Waals surface area contributed by atoms with Gasteiger partial charge in [-0.2, -0.15) is 18.2 Å². The van der Waals surface area contributed by atoms with Gasteiger partial charge in [-0.1, -0.05) is 18.2 Å². The lowest BCUT2D eigenvalue weighted by Crippen LogP contribution is -2.40. The molecule has 1 aromatic carbocycles. The van der Waals surface area contributed by atoms with Crippen molar-refractivity contribution in [1.29, 1.82) is 0 Å². The van der Waals surface area contributed by atoms with Crippen LogP contribution in [0.4, 0.5) is 18.9 Å². The van der Waals surface area contributed by atoms with E-state index in [2.05, 4.69) is 4.99 Å². The van der Waals surface area contributed by atoms with Crippen molar-refractivity contribution in [2.75, 3.05) is 0 Å². The number of hydrogen-bond acceptors (Lipinski definition) is 4. The van der Waals surface area contributed by atoms with Gasteiger partial charge in [-0.25, -0.2) is 0 Å². The van der Waals surface area contributed by atoms with Crippen LogP contribution in [0.25, 0.3) is 0 Å². The fraction of sp³-hybridized carbons (Fsp3) is 0.200. The van der Waals surface area contributed by atoms with Gasteiger partial charge in [-0.05, 0) is 6.07 Å². The number of aldehydes is 1. The maximum atomic E-state index is 12.1. The second-order valence-electron chi connectivity index (χ2n) is 3.27. The summed E-state index contributed by atoms with van der Waals surface area (Å²) >= 11 is 0. The number of nitrogens with zero attached hydrogens (tertiary/aromatic N) is 1. The molecule has 2 rings (SSSR count). The number of rotatable bonds is 1. The Hall–Kier alpha value is -2.05. The van der Waals surface area contributed by atoms with Gasteiger partial charge in [-0.3, -0.25) is 10.1 Å². The minimum Gasteiger partial charge on any atom is -0.449 e. The highest BCUT2D eigenvalue weighted by atomic mass is 19.4. The van der Waals surface area contributed by atoms with E-state index in [1.807, 2.05) is 0 Å². The maximum Gasteiger partial charge on any atom is 0.485 e. The number of halogens is 3. The Morgan fingerprint density at radius 3 is 2.71 bits per heavy atom. The summed E-state index contributed by atoms with van der Waals surface area (Å²) in [6.45, 7) is 0. The van der Waals surface area contributed by atoms with E-state index in [-0.39, 0.29) is 5.69 Å². The Kier molecular flexibility index (Phi) is 2.74. The third kappa shape index (κ3) is 2.55. The van der Waals surface area contributed by atoms with Crippen LogP contribution in [0, 0.1) is 0 Å². The number of benzene rings is 1. The van der Waals surface area contributed by atoms with E-state index in [9.17, 15) is 18.0 Å². The molecular weight excluding hydrogens is 237 g/mol. The molecule has 1 unspecified atom stereocenters. The molecule has 1 atom stereocenters. The summed E-state index contributed by atoms with van der Waals surface area (Å²) in [5.41, 5.74) is 0.720. The first kappa shape index (κ1) is 11.4. The molecule has 0 spiro atoms. The second-order valence-corrected chi connectivity index (χ2v) is 3.27. The van der Waals surface area contributed by atoms with Crippen molar-refractivity contribution in [3.63, 3.8) is 0 Å². The van der Waals surface area contributed by atoms with Gasteiger partial charge in [-0.15, -0.1) is 0 Å². The van der Waals surface area contributed by atoms with Gasteiger partial charge in [0.25, 0.3) is 6.02 Å². The number of alkyl halides is 3. The fourth-order valence-electron chi connectivity index (χ4n) is 1.43. The second kappa shape index (κ2) is 4.08. The lowest BCUT2D eigenvalue weighted by molar-refractivity contribution is -0.147. The summed E-state index contributed by atoms with van der Waals surface area (Å²) in [6, 6.07) is 5.61. The van der Waals surface area contributed by atoms with Crippen molar-refractivity contribution in [2.45, 2.75) is 12.4 Å². The van der Waals surface area contributed by atoms with E-state index in [0.717, 1.165) is 5.32 Å². The van der Waals surface area contributed by atoms with Crippen molar-refractivity contribution < 1.29 is 22.7 Å². The summed E-state index contributed by atoms with van der Waals surface area (Å²) in [5.74, 6) is 0. The SMILES string of the molecule is O=CC1OC(NC(F)(F)F)=Nc2ccccc21. The highest BCUT2D eigenvalue weighted by Crippen LogP contribution is 2.31. The molecule has 0 aliphatic carbocycles. The Labute approximate surface area is 94.1 Å². The average Bonchev–Trinajstić information content (AvgIpc) is 2.25. The minimum absolute atomic E-state index is 0.280. The van der Waals surface area contributed by atoms with Gasteiger partial charge >= 0.3 is 6.30 Å². The Morgan fingerprint density at radius 1 is 1.35 bits per heavy atom. The highest BCUT2D eigenvalue weighted by Gasteiger charge is 2.33. The predicted molar refractivity (Wildman–Crippen MR) is 52.6 cm³/mol. The summed E-state index contributed by atoms with van der Waals surface area (Å²) in [7, 11) is 0. The molecule has 0 radical (unpaired) electrons. The van der Waals surface area contributed by atoms with Crippen LogP contribution in [-0.4, -0.2) is 18.6 Å². The largest absolute Gasteiger partial charge is 0.485 e. The lowest BCUT2D eigenvalue weighted by atomic mass is 10.1. The molecule has 1 aliphatic rings. The topological polar surface area (TPSA) is 50.7 Å². The van der Waals surface area contributed by atoms with Crippen LogP contribution in [0.15, 0.2) is 29.3 Å². The van der Waals surface area contributed by atoms with Crippen LogP contribution in [0.3, 0.4) is 0 Å². The summed E-state index contributed by atoms with van der Waals surface area (Å²) in [5, 5.41) is 1.13. The van der Waals surface area contributed by atoms with Gasteiger partial charge < -0.3 is 4.74 Å². The van der Waals surface area contributed by atoms with E-state index < -0.39 is 18.4 Å². The third-order valence-corrected chi connectivity index (χ3v) is 2.08. The smallest absolute Gasteiger partial charge is 0.449 e. The highest BCUT2D eigenvalue weighted by molar-refractivity contribution is 5.83. The van der Waals surface area contributed by atoms with Crippen molar-refractivity contribution in [3.8, 4) is 0 Å². The van der Waals surface area contributed by atoms with Crippen LogP contribution in [-0.2, 0) is 9.53 Å². The zero-order valence-corrected chi connectivity index (χ0v) is 8.36. The van der Waals surface area contributed by atoms with Crippen molar-refractivity contribution in [3.05, 3.63) is 29.8 Å². The molecule has 4 nitrogen and oxygen atoms in total. The van der Waals surface area contributed by atoms with E-state index in [4.69, 9.17) is 4.74 Å². The molecule has 0 aromatic heterocycles. The molecule has 1 aliphatic heterocycles. The standard InChI is InChI=1S/C10H7F3N2O2/c11-10(12,13)15-9-14-7-4-2-1-3-6(7)8(5-16)17-9/h1-5,8H,(H,14,15). The first-order chi connectivity index (χ1) is 7.99. The van der Waals surface area contributed by atoms with Crippen LogP contribution in [0.5, 0.6) is 0 Å². The number of nitrogens with one attached hydrogen (secondary N) is 1. The van der Waals surface area contributed by atoms with E-state index in [0.29, 0.717) is 11.8 Å². The van der Waals surface area contributed by atoms with Crippen LogP contribution in [0.2, 0.25) is 0 Å². The molecular formula is C10H7F3N2O2. The molecule has 0 amide bonds. The van der Waals surface area contributed by atoms with Crippen molar-refractivity contribution in [1.82, 2.24) is 5.32 Å². The van der Waals surface area contributed by atoms with Crippen LogP contribution in [0.1, 0.15) is 11.7 Å². The van der Waals surface area contributed by atoms with E-state index in [1.165, 1.54) is 6.07 Å². The van der Waals surface area contributed by atoms with Gasteiger partial charge in [0.15, 0.2) is 12.4 Å². The van der Waals surface area contributed by atoms with Gasteiger partial charge in [0.2, 0.25) is 0 Å². The number of amidine groups is 1. The molecule has 90 valence electrons. The minimum atomic E-state index is -4.65. The number of hydrogen-bond donors (Lipinski definition) is 1. The third-order valence-electron chi connectivity index (χ3n) is 2.08. The van der Waals surface area contributed by atoms with Gasteiger partial charge in [0.1, 0.15) is 0 Å². The zero-order chi connectivity index (χ0) is 12.5. The van der Waals surface area contributed by atoms with Crippen LogP contribution < -0.4 is 5.32 Å². The maximum absolute atomic E-state index is 12.1. The molecule has 1 heterocycles. The molecule has 7 heteroatoms. The molecule has 1 N–H and O–H groups in total. The zero-order valence-electron chi connectivity index (χ0n) is 8.36. The number of para-hydroxylation sites is 1. The molecule has 0 bridgehead atoms. The van der Waals surface area contributed by atoms with Crippen molar-refractivity contribution in [2.24, 2.45) is 4.99 Å². The molecule has 0 saturated carbocycles. The van der Waals surface area contributed by atoms with Gasteiger partial charge in [0.05, 0.1) is 5.69 Å². The van der Waals surface area contributed by atoms with E-state index in [1.54, 1.807) is 18.2 Å². The fourth-order valence-corrected chi connectivity index (χ4v) is 1.43. The molecule has 1 aromatic rings. The number of fused-ring (bicyclic) bond motifs is 1. The molecule has 17 heavy (non-hydrogen) atoms. The molecule has 0 fully saturated rings. The Morgan fingerprint density at radius 2 is 2.06 bits per heavy atom. The molecule has 0 saturated heterocycles. The summed E-state index contributed by atoms with van der Waals surface area (Å²) in [4.78, 5) is 14.4. The Bertz CT molecular complexity index is 471. The number of carbonyl (C=O) groups excluding carboxylic acids is 1. The number of ether oxygens (including phenoxy) is 1. The van der Waals surface area contributed by atoms with Crippen molar-refractivity contribution >= 4 is 18.0 Å². The summed E-state index contributed by atoms with van der Waals surface area (Å²) in [6.07, 6.45) is -5.31. The van der Waals surface area contributed by atoms with Crippen LogP contribution >= 0.6 is 0 Å². The van der Waals surface area contributed by atoms with Gasteiger partial charge in [0, 0.05) is 5.56 Å². The van der Waals surface area contributed by atoms with E-state index >= 15 is 0 Å². The lowest BCUT2D eigenvalue weighted by Gasteiger charge is -2.23. The number of aliphatic imine (C=N–C) groups is 1.